The van der Waals surface area contributed by atoms with Gasteiger partial charge in [-0.25, -0.2) is 4.39 Å². The van der Waals surface area contributed by atoms with Gasteiger partial charge in [0.2, 0.25) is 0 Å². The van der Waals surface area contributed by atoms with Gasteiger partial charge in [-0.2, -0.15) is 0 Å². The molecule has 2 aromatic rings. The van der Waals surface area contributed by atoms with E-state index >= 15 is 0 Å². The fourth-order valence-corrected chi connectivity index (χ4v) is 2.78. The van der Waals surface area contributed by atoms with Gasteiger partial charge >= 0.3 is 0 Å². The Hall–Kier alpha value is -0.670. The Bertz CT molecular complexity index is 436. The summed E-state index contributed by atoms with van der Waals surface area (Å²) in [4.78, 5) is 1.24. The van der Waals surface area contributed by atoms with Gasteiger partial charge in [0.05, 0.1) is 0 Å². The standard InChI is InChI=1S/C11H8BrFS/c12-9-6-11(14-7-9)5-8-2-1-3-10(13)4-8/h1-4,6-7H,5H2. The van der Waals surface area contributed by atoms with Crippen molar-refractivity contribution in [3.05, 3.63) is 56.4 Å². The van der Waals surface area contributed by atoms with Gasteiger partial charge in [0.1, 0.15) is 5.82 Å². The second-order valence-corrected chi connectivity index (χ2v) is 4.95. The van der Waals surface area contributed by atoms with Crippen molar-refractivity contribution in [1.29, 1.82) is 0 Å². The number of benzene rings is 1. The predicted molar refractivity (Wildman–Crippen MR) is 61.2 cm³/mol. The van der Waals surface area contributed by atoms with E-state index < -0.39 is 0 Å². The summed E-state index contributed by atoms with van der Waals surface area (Å²) in [5.41, 5.74) is 1.01. The lowest BCUT2D eigenvalue weighted by molar-refractivity contribution is 0.626. The van der Waals surface area contributed by atoms with Gasteiger partial charge in [0.15, 0.2) is 0 Å². The maximum atomic E-state index is 12.9. The predicted octanol–water partition coefficient (Wildman–Crippen LogP) is 4.24. The van der Waals surface area contributed by atoms with Crippen LogP contribution >= 0.6 is 27.3 Å². The van der Waals surface area contributed by atoms with E-state index in [4.69, 9.17) is 0 Å². The minimum atomic E-state index is -0.168. The molecule has 0 aliphatic heterocycles. The molecule has 14 heavy (non-hydrogen) atoms. The molecular weight excluding hydrogens is 263 g/mol. The summed E-state index contributed by atoms with van der Waals surface area (Å²) in [5.74, 6) is -0.168. The Morgan fingerprint density at radius 2 is 2.14 bits per heavy atom. The van der Waals surface area contributed by atoms with Crippen LogP contribution in [0.25, 0.3) is 0 Å². The van der Waals surface area contributed by atoms with Crippen molar-refractivity contribution in [1.82, 2.24) is 0 Å². The average Bonchev–Trinajstić information content (AvgIpc) is 2.51. The Balaban J connectivity index is 2.18. The van der Waals surface area contributed by atoms with Crippen molar-refractivity contribution in [3.8, 4) is 0 Å². The number of rotatable bonds is 2. The van der Waals surface area contributed by atoms with Crippen LogP contribution in [0.3, 0.4) is 0 Å². The molecule has 3 heteroatoms. The molecular formula is C11H8BrFS. The highest BCUT2D eigenvalue weighted by Crippen LogP contribution is 2.22. The van der Waals surface area contributed by atoms with Crippen molar-refractivity contribution < 1.29 is 4.39 Å². The van der Waals surface area contributed by atoms with Gasteiger partial charge < -0.3 is 0 Å². The quantitative estimate of drug-likeness (QED) is 0.766. The first-order valence-corrected chi connectivity index (χ1v) is 5.88. The van der Waals surface area contributed by atoms with E-state index in [0.29, 0.717) is 0 Å². The Morgan fingerprint density at radius 1 is 1.29 bits per heavy atom. The highest BCUT2D eigenvalue weighted by Gasteiger charge is 2.00. The molecule has 0 radical (unpaired) electrons. The molecule has 0 bridgehead atoms. The second kappa shape index (κ2) is 4.24. The van der Waals surface area contributed by atoms with Crippen LogP contribution in [0.2, 0.25) is 0 Å². The first-order valence-electron chi connectivity index (χ1n) is 4.21. The second-order valence-electron chi connectivity index (χ2n) is 3.04. The average molecular weight is 271 g/mol. The van der Waals surface area contributed by atoms with Crippen molar-refractivity contribution in [3.63, 3.8) is 0 Å². The molecule has 0 unspecified atom stereocenters. The van der Waals surface area contributed by atoms with Gasteiger partial charge in [-0.05, 0) is 39.7 Å². The third kappa shape index (κ3) is 2.42. The van der Waals surface area contributed by atoms with Crippen molar-refractivity contribution in [2.45, 2.75) is 6.42 Å². The smallest absolute Gasteiger partial charge is 0.123 e. The Labute approximate surface area is 94.5 Å². The molecule has 0 nitrogen and oxygen atoms in total. The van der Waals surface area contributed by atoms with Crippen LogP contribution < -0.4 is 0 Å². The molecule has 0 saturated heterocycles. The molecule has 1 heterocycles. The molecule has 0 aliphatic carbocycles. The summed E-state index contributed by atoms with van der Waals surface area (Å²) in [6.07, 6.45) is 0.800. The molecule has 72 valence electrons. The van der Waals surface area contributed by atoms with E-state index in [2.05, 4.69) is 22.0 Å². The topological polar surface area (TPSA) is 0 Å². The van der Waals surface area contributed by atoms with Gasteiger partial charge in [-0.3, -0.25) is 0 Å². The van der Waals surface area contributed by atoms with Crippen molar-refractivity contribution in [2.75, 3.05) is 0 Å². The first kappa shape index (κ1) is 9.87. The van der Waals surface area contributed by atoms with Crippen LogP contribution in [0.1, 0.15) is 10.4 Å². The molecule has 2 rings (SSSR count). The van der Waals surface area contributed by atoms with E-state index in [-0.39, 0.29) is 5.82 Å². The van der Waals surface area contributed by atoms with Crippen molar-refractivity contribution >= 4 is 27.3 Å². The fourth-order valence-electron chi connectivity index (χ4n) is 1.29. The van der Waals surface area contributed by atoms with Crippen LogP contribution in [-0.4, -0.2) is 0 Å². The van der Waals surface area contributed by atoms with Crippen LogP contribution in [-0.2, 0) is 6.42 Å². The maximum Gasteiger partial charge on any atom is 0.123 e. The minimum absolute atomic E-state index is 0.168. The third-order valence-electron chi connectivity index (χ3n) is 1.89. The number of thiophene rings is 1. The molecule has 0 aliphatic rings. The normalized spacial score (nSPS) is 10.4. The minimum Gasteiger partial charge on any atom is -0.207 e. The fraction of sp³-hybridized carbons (Fsp3) is 0.0909. The summed E-state index contributed by atoms with van der Waals surface area (Å²) >= 11 is 5.08. The highest BCUT2D eigenvalue weighted by molar-refractivity contribution is 9.10. The lowest BCUT2D eigenvalue weighted by Gasteiger charge is -1.97. The van der Waals surface area contributed by atoms with Crippen LogP contribution in [0.15, 0.2) is 40.2 Å². The summed E-state index contributed by atoms with van der Waals surface area (Å²) in [6.45, 7) is 0. The summed E-state index contributed by atoms with van der Waals surface area (Å²) in [7, 11) is 0. The van der Waals surface area contributed by atoms with Crippen molar-refractivity contribution in [2.24, 2.45) is 0 Å². The largest absolute Gasteiger partial charge is 0.207 e. The van der Waals surface area contributed by atoms with Gasteiger partial charge in [-0.15, -0.1) is 11.3 Å². The summed E-state index contributed by atoms with van der Waals surface area (Å²) < 4.78 is 14.0. The molecule has 0 atom stereocenters. The summed E-state index contributed by atoms with van der Waals surface area (Å²) in [6, 6.07) is 8.79. The Kier molecular flexibility index (Phi) is 2.99. The Morgan fingerprint density at radius 3 is 2.79 bits per heavy atom. The molecule has 0 spiro atoms. The molecule has 0 N–H and O–H groups in total. The number of hydrogen-bond acceptors (Lipinski definition) is 1. The van der Waals surface area contributed by atoms with E-state index in [9.17, 15) is 4.39 Å². The molecule has 0 fully saturated rings. The lowest BCUT2D eigenvalue weighted by atomic mass is 10.1. The zero-order valence-electron chi connectivity index (χ0n) is 7.34. The molecule has 0 amide bonds. The zero-order chi connectivity index (χ0) is 9.97. The molecule has 1 aromatic heterocycles. The van der Waals surface area contributed by atoms with Gasteiger partial charge in [-0.1, -0.05) is 12.1 Å². The molecule has 1 aromatic carbocycles. The number of hydrogen-bond donors (Lipinski definition) is 0. The summed E-state index contributed by atoms with van der Waals surface area (Å²) in [5, 5.41) is 2.04. The number of halogens is 2. The van der Waals surface area contributed by atoms with Crippen LogP contribution in [0.5, 0.6) is 0 Å². The first-order chi connectivity index (χ1) is 6.74. The highest BCUT2D eigenvalue weighted by atomic mass is 79.9. The van der Waals surface area contributed by atoms with E-state index in [1.807, 2.05) is 11.4 Å². The van der Waals surface area contributed by atoms with E-state index in [1.54, 1.807) is 23.5 Å². The SMILES string of the molecule is Fc1cccc(Cc2cc(Br)cs2)c1. The monoisotopic (exact) mass is 270 g/mol. The van der Waals surface area contributed by atoms with E-state index in [0.717, 1.165) is 16.5 Å². The van der Waals surface area contributed by atoms with Crippen LogP contribution in [0, 0.1) is 5.82 Å². The maximum absolute atomic E-state index is 12.9. The van der Waals surface area contributed by atoms with Gasteiger partial charge in [0.25, 0.3) is 0 Å². The van der Waals surface area contributed by atoms with Crippen LogP contribution in [0.4, 0.5) is 4.39 Å². The van der Waals surface area contributed by atoms with E-state index in [1.165, 1.54) is 10.9 Å². The third-order valence-corrected chi connectivity index (χ3v) is 3.59. The molecule has 0 saturated carbocycles. The lowest BCUT2D eigenvalue weighted by Crippen LogP contribution is -1.85. The van der Waals surface area contributed by atoms with Gasteiger partial charge in [0, 0.05) is 21.2 Å². The zero-order valence-corrected chi connectivity index (χ0v) is 9.74.